The summed E-state index contributed by atoms with van der Waals surface area (Å²) in [5.74, 6) is 0.0510. The van der Waals surface area contributed by atoms with Crippen LogP contribution in [0.5, 0.6) is 0 Å². The third kappa shape index (κ3) is 5.38. The van der Waals surface area contributed by atoms with Crippen molar-refractivity contribution in [2.45, 2.75) is 11.6 Å². The highest BCUT2D eigenvalue weighted by molar-refractivity contribution is 7.99. The number of nitrogens with zero attached hydrogens (tertiary/aromatic N) is 4. The van der Waals surface area contributed by atoms with E-state index in [2.05, 4.69) is 26.0 Å². The van der Waals surface area contributed by atoms with Crippen LogP contribution in [-0.2, 0) is 16.0 Å². The van der Waals surface area contributed by atoms with Crippen LogP contribution in [0, 0.1) is 0 Å². The van der Waals surface area contributed by atoms with Crippen molar-refractivity contribution in [1.82, 2.24) is 30.6 Å². The van der Waals surface area contributed by atoms with Crippen molar-refractivity contribution >= 4 is 23.6 Å². The molecule has 0 radical (unpaired) electrons. The first-order valence-corrected chi connectivity index (χ1v) is 10.8. The van der Waals surface area contributed by atoms with Crippen molar-refractivity contribution in [3.05, 3.63) is 90.8 Å². The first-order chi connectivity index (χ1) is 15.7. The molecule has 0 saturated carbocycles. The minimum Gasteiger partial charge on any atom is -0.273 e. The summed E-state index contributed by atoms with van der Waals surface area (Å²) in [6.07, 6.45) is 3.59. The van der Waals surface area contributed by atoms with Gasteiger partial charge < -0.3 is 0 Å². The lowest BCUT2D eigenvalue weighted by Crippen LogP contribution is -2.43. The maximum atomic E-state index is 12.3. The molecule has 0 bridgehead atoms. The van der Waals surface area contributed by atoms with Crippen molar-refractivity contribution in [3.8, 4) is 17.1 Å². The van der Waals surface area contributed by atoms with Crippen LogP contribution in [0.1, 0.15) is 5.56 Å². The van der Waals surface area contributed by atoms with Crippen molar-refractivity contribution in [1.29, 1.82) is 0 Å². The van der Waals surface area contributed by atoms with Gasteiger partial charge in [0, 0.05) is 23.6 Å². The van der Waals surface area contributed by atoms with E-state index in [0.717, 1.165) is 16.8 Å². The predicted molar refractivity (Wildman–Crippen MR) is 122 cm³/mol. The fourth-order valence-electron chi connectivity index (χ4n) is 2.99. The van der Waals surface area contributed by atoms with Gasteiger partial charge in [0.05, 0.1) is 12.2 Å². The molecular formula is C23H20N6O2S. The van der Waals surface area contributed by atoms with Crippen molar-refractivity contribution in [3.63, 3.8) is 0 Å². The summed E-state index contributed by atoms with van der Waals surface area (Å²) >= 11 is 1.23. The number of hydrogen-bond donors (Lipinski definition) is 2. The topological polar surface area (TPSA) is 102 Å². The highest BCUT2D eigenvalue weighted by Gasteiger charge is 2.17. The van der Waals surface area contributed by atoms with Crippen molar-refractivity contribution in [2.24, 2.45) is 0 Å². The van der Waals surface area contributed by atoms with Gasteiger partial charge in [-0.25, -0.2) is 0 Å². The Kier molecular flexibility index (Phi) is 6.88. The molecule has 0 unspecified atom stereocenters. The van der Waals surface area contributed by atoms with E-state index in [-0.39, 0.29) is 24.0 Å². The number of hydrazine groups is 1. The smallest absolute Gasteiger partial charge is 0.248 e. The zero-order valence-electron chi connectivity index (χ0n) is 17.0. The van der Waals surface area contributed by atoms with Gasteiger partial charge in [-0.05, 0) is 29.8 Å². The molecule has 32 heavy (non-hydrogen) atoms. The van der Waals surface area contributed by atoms with Crippen LogP contribution in [-0.4, -0.2) is 37.3 Å². The number of carbonyl (C=O) groups is 2. The van der Waals surface area contributed by atoms with Crippen molar-refractivity contribution in [2.75, 3.05) is 5.75 Å². The van der Waals surface area contributed by atoms with E-state index in [9.17, 15) is 9.59 Å². The van der Waals surface area contributed by atoms with Crippen LogP contribution >= 0.6 is 11.8 Å². The molecule has 0 atom stereocenters. The Labute approximate surface area is 189 Å². The predicted octanol–water partition coefficient (Wildman–Crippen LogP) is 2.81. The number of benzene rings is 2. The molecule has 0 aliphatic heterocycles. The van der Waals surface area contributed by atoms with Gasteiger partial charge in [-0.1, -0.05) is 60.3 Å². The molecule has 8 nitrogen and oxygen atoms in total. The lowest BCUT2D eigenvalue weighted by Gasteiger charge is -2.10. The minimum absolute atomic E-state index is 0.0592. The Morgan fingerprint density at radius 1 is 0.844 bits per heavy atom. The average molecular weight is 445 g/mol. The number of amides is 2. The van der Waals surface area contributed by atoms with Crippen LogP contribution in [0.2, 0.25) is 0 Å². The lowest BCUT2D eigenvalue weighted by molar-refractivity contribution is -0.127. The van der Waals surface area contributed by atoms with E-state index >= 15 is 0 Å². The number of pyridine rings is 1. The normalized spacial score (nSPS) is 10.5. The zero-order valence-corrected chi connectivity index (χ0v) is 17.8. The summed E-state index contributed by atoms with van der Waals surface area (Å²) in [4.78, 5) is 28.5. The first kappa shape index (κ1) is 21.3. The van der Waals surface area contributed by atoms with Gasteiger partial charge >= 0.3 is 0 Å². The number of carbonyl (C=O) groups excluding carboxylic acids is 2. The zero-order chi connectivity index (χ0) is 22.2. The van der Waals surface area contributed by atoms with Gasteiger partial charge in [0.25, 0.3) is 0 Å². The highest BCUT2D eigenvalue weighted by atomic mass is 32.2. The molecule has 2 N–H and O–H groups in total. The van der Waals surface area contributed by atoms with Crippen LogP contribution in [0.15, 0.2) is 90.3 Å². The van der Waals surface area contributed by atoms with Crippen molar-refractivity contribution < 1.29 is 9.59 Å². The molecule has 2 amide bonds. The van der Waals surface area contributed by atoms with E-state index in [0.29, 0.717) is 11.0 Å². The molecule has 9 heteroatoms. The molecule has 0 aliphatic carbocycles. The van der Waals surface area contributed by atoms with Crippen LogP contribution in [0.25, 0.3) is 17.1 Å². The summed E-state index contributed by atoms with van der Waals surface area (Å²) in [6, 6.07) is 22.7. The first-order valence-electron chi connectivity index (χ1n) is 9.86. The number of thioether (sulfide) groups is 1. The van der Waals surface area contributed by atoms with Gasteiger partial charge in [-0.15, -0.1) is 10.2 Å². The number of para-hydroxylation sites is 1. The average Bonchev–Trinajstić information content (AvgIpc) is 3.27. The second kappa shape index (κ2) is 10.4. The van der Waals surface area contributed by atoms with E-state index in [1.165, 1.54) is 11.8 Å². The van der Waals surface area contributed by atoms with E-state index < -0.39 is 0 Å². The number of hydrogen-bond acceptors (Lipinski definition) is 6. The second-order valence-corrected chi connectivity index (χ2v) is 7.71. The van der Waals surface area contributed by atoms with Gasteiger partial charge in [0.15, 0.2) is 11.0 Å². The van der Waals surface area contributed by atoms with Gasteiger partial charge in [0.2, 0.25) is 11.8 Å². The molecule has 0 saturated heterocycles. The number of aromatic nitrogens is 4. The third-order valence-corrected chi connectivity index (χ3v) is 5.38. The van der Waals surface area contributed by atoms with Crippen LogP contribution < -0.4 is 10.9 Å². The fourth-order valence-corrected chi connectivity index (χ4v) is 3.74. The lowest BCUT2D eigenvalue weighted by atomic mass is 10.1. The molecule has 0 aliphatic rings. The molecular weight excluding hydrogens is 424 g/mol. The van der Waals surface area contributed by atoms with Gasteiger partial charge in [-0.2, -0.15) is 0 Å². The molecule has 2 heterocycles. The maximum absolute atomic E-state index is 12.3. The molecule has 2 aromatic heterocycles. The molecule has 4 rings (SSSR count). The van der Waals surface area contributed by atoms with E-state index in [4.69, 9.17) is 0 Å². The minimum atomic E-state index is -0.345. The van der Waals surface area contributed by atoms with Crippen LogP contribution in [0.4, 0.5) is 0 Å². The Morgan fingerprint density at radius 3 is 2.28 bits per heavy atom. The van der Waals surface area contributed by atoms with Gasteiger partial charge in [-0.3, -0.25) is 30.0 Å². The fraction of sp³-hybridized carbons (Fsp3) is 0.0870. The molecule has 0 spiro atoms. The Bertz CT molecular complexity index is 1180. The largest absolute Gasteiger partial charge is 0.273 e. The molecule has 4 aromatic rings. The SMILES string of the molecule is O=C(CSc1nnc(-c2cccnc2)n1-c1ccccc1)NNC(=O)Cc1ccccc1. The Hall–Kier alpha value is -3.98. The van der Waals surface area contributed by atoms with Crippen LogP contribution in [0.3, 0.4) is 0 Å². The third-order valence-electron chi connectivity index (χ3n) is 4.45. The number of rotatable bonds is 7. The standard InChI is InChI=1S/C23H20N6O2S/c30-20(14-17-8-3-1-4-9-17)25-26-21(31)16-32-23-28-27-22(18-10-7-13-24-15-18)29(23)19-11-5-2-6-12-19/h1-13,15H,14,16H2,(H,25,30)(H,26,31). The number of nitrogens with one attached hydrogen (secondary N) is 2. The Balaban J connectivity index is 1.41. The monoisotopic (exact) mass is 444 g/mol. The summed E-state index contributed by atoms with van der Waals surface area (Å²) in [6.45, 7) is 0. The van der Waals surface area contributed by atoms with Gasteiger partial charge in [0.1, 0.15) is 0 Å². The summed E-state index contributed by atoms with van der Waals surface area (Å²) < 4.78 is 1.88. The Morgan fingerprint density at radius 2 is 1.56 bits per heavy atom. The highest BCUT2D eigenvalue weighted by Crippen LogP contribution is 2.27. The summed E-state index contributed by atoms with van der Waals surface area (Å²) in [5, 5.41) is 9.14. The maximum Gasteiger partial charge on any atom is 0.248 e. The second-order valence-electron chi connectivity index (χ2n) is 6.77. The van der Waals surface area contributed by atoms with E-state index in [1.807, 2.05) is 77.4 Å². The molecule has 0 fully saturated rings. The molecule has 2 aromatic carbocycles. The summed E-state index contributed by atoms with van der Waals surface area (Å²) in [5.41, 5.74) is 7.44. The van der Waals surface area contributed by atoms with E-state index in [1.54, 1.807) is 12.4 Å². The quantitative estimate of drug-likeness (QED) is 0.336. The molecule has 160 valence electrons. The summed E-state index contributed by atoms with van der Waals surface area (Å²) in [7, 11) is 0.